The van der Waals surface area contributed by atoms with Crippen molar-refractivity contribution < 1.29 is 19.0 Å². The molecule has 2 aromatic carbocycles. The number of hydrogen-bond donors (Lipinski definition) is 1. The normalized spacial score (nSPS) is 14.0. The standard InChI is InChI=1S/C25H30N4O4.ClH/c1-16(2)33-19-7-5-18(6-8-19)28-25(30)29-11-9-17(10-12-29)24-20-13-22(31-3)23(32-4)14-21(20)26-15-27-24;/h5-8,13-17H,9-12H2,1-4H3,(H,28,30);1H. The maximum atomic E-state index is 12.8. The van der Waals surface area contributed by atoms with E-state index < -0.39 is 0 Å². The van der Waals surface area contributed by atoms with E-state index in [0.29, 0.717) is 24.6 Å². The van der Waals surface area contributed by atoms with Crippen LogP contribution in [0.15, 0.2) is 42.7 Å². The van der Waals surface area contributed by atoms with Crippen LogP contribution in [0.1, 0.15) is 38.3 Å². The van der Waals surface area contributed by atoms with Gasteiger partial charge in [0.2, 0.25) is 0 Å². The van der Waals surface area contributed by atoms with Crippen LogP contribution in [0, 0.1) is 0 Å². The lowest BCUT2D eigenvalue weighted by Gasteiger charge is -2.32. The fraction of sp³-hybridized carbons (Fsp3) is 0.400. The highest BCUT2D eigenvalue weighted by atomic mass is 35.5. The van der Waals surface area contributed by atoms with Crippen molar-refractivity contribution in [2.24, 2.45) is 0 Å². The molecule has 2 heterocycles. The van der Waals surface area contributed by atoms with Crippen molar-refractivity contribution >= 4 is 35.0 Å². The number of fused-ring (bicyclic) bond motifs is 1. The molecule has 34 heavy (non-hydrogen) atoms. The summed E-state index contributed by atoms with van der Waals surface area (Å²) in [7, 11) is 3.23. The lowest BCUT2D eigenvalue weighted by atomic mass is 9.91. The Balaban J connectivity index is 0.00000324. The average molecular weight is 487 g/mol. The first-order valence-corrected chi connectivity index (χ1v) is 11.2. The zero-order chi connectivity index (χ0) is 23.4. The van der Waals surface area contributed by atoms with E-state index in [4.69, 9.17) is 14.2 Å². The number of amides is 2. The monoisotopic (exact) mass is 486 g/mol. The number of methoxy groups -OCH3 is 2. The summed E-state index contributed by atoms with van der Waals surface area (Å²) in [6.07, 6.45) is 3.36. The predicted octanol–water partition coefficient (Wildman–Crippen LogP) is 5.27. The van der Waals surface area contributed by atoms with Crippen LogP contribution in [0.4, 0.5) is 10.5 Å². The van der Waals surface area contributed by atoms with Gasteiger partial charge in [-0.25, -0.2) is 14.8 Å². The van der Waals surface area contributed by atoms with Crippen LogP contribution < -0.4 is 19.5 Å². The van der Waals surface area contributed by atoms with Gasteiger partial charge in [-0.2, -0.15) is 0 Å². The highest BCUT2D eigenvalue weighted by Crippen LogP contribution is 2.36. The van der Waals surface area contributed by atoms with Crippen molar-refractivity contribution in [3.05, 3.63) is 48.4 Å². The molecule has 1 aliphatic rings. The molecule has 1 fully saturated rings. The number of piperidine rings is 1. The second kappa shape index (κ2) is 11.2. The summed E-state index contributed by atoms with van der Waals surface area (Å²) in [5.41, 5.74) is 2.56. The predicted molar refractivity (Wildman–Crippen MR) is 135 cm³/mol. The SMILES string of the molecule is COc1cc2ncnc(C3CCN(C(=O)Nc4ccc(OC(C)C)cc4)CC3)c2cc1OC.Cl. The number of hydrogen-bond acceptors (Lipinski definition) is 6. The van der Waals surface area contributed by atoms with Gasteiger partial charge in [0.1, 0.15) is 12.1 Å². The molecule has 0 unspecified atom stereocenters. The second-order valence-corrected chi connectivity index (χ2v) is 8.37. The minimum absolute atomic E-state index is 0. The van der Waals surface area contributed by atoms with Gasteiger partial charge in [-0.15, -0.1) is 12.4 Å². The Morgan fingerprint density at radius 1 is 1.03 bits per heavy atom. The second-order valence-electron chi connectivity index (χ2n) is 8.37. The number of halogens is 1. The summed E-state index contributed by atoms with van der Waals surface area (Å²) < 4.78 is 16.5. The van der Waals surface area contributed by atoms with E-state index in [1.165, 1.54) is 0 Å². The molecule has 2 amide bonds. The summed E-state index contributed by atoms with van der Waals surface area (Å²) in [5.74, 6) is 2.33. The van der Waals surface area contributed by atoms with Crippen LogP contribution in [-0.4, -0.2) is 54.3 Å². The molecule has 0 spiro atoms. The molecule has 0 bridgehead atoms. The van der Waals surface area contributed by atoms with E-state index in [-0.39, 0.29) is 30.5 Å². The Labute approximate surface area is 206 Å². The van der Waals surface area contributed by atoms with Crippen LogP contribution in [0.3, 0.4) is 0 Å². The zero-order valence-electron chi connectivity index (χ0n) is 19.9. The van der Waals surface area contributed by atoms with Crippen LogP contribution in [-0.2, 0) is 0 Å². The number of ether oxygens (including phenoxy) is 3. The molecule has 1 saturated heterocycles. The third-order valence-electron chi connectivity index (χ3n) is 5.82. The minimum Gasteiger partial charge on any atom is -0.493 e. The molecule has 1 N–H and O–H groups in total. The van der Waals surface area contributed by atoms with Crippen molar-refractivity contribution in [3.63, 3.8) is 0 Å². The molecule has 4 rings (SSSR count). The lowest BCUT2D eigenvalue weighted by Crippen LogP contribution is -2.40. The van der Waals surface area contributed by atoms with Crippen molar-refractivity contribution in [3.8, 4) is 17.2 Å². The number of carbonyl (C=O) groups excluding carboxylic acids is 1. The van der Waals surface area contributed by atoms with Crippen molar-refractivity contribution in [2.45, 2.75) is 38.7 Å². The molecular weight excluding hydrogens is 456 g/mol. The molecule has 1 aromatic heterocycles. The lowest BCUT2D eigenvalue weighted by molar-refractivity contribution is 0.194. The molecule has 0 radical (unpaired) electrons. The number of anilines is 1. The third kappa shape index (κ3) is 5.62. The minimum atomic E-state index is -0.0927. The van der Waals surface area contributed by atoms with Gasteiger partial charge in [0.05, 0.1) is 31.5 Å². The smallest absolute Gasteiger partial charge is 0.321 e. The van der Waals surface area contributed by atoms with E-state index in [1.807, 2.05) is 55.1 Å². The largest absolute Gasteiger partial charge is 0.493 e. The van der Waals surface area contributed by atoms with Crippen LogP contribution in [0.5, 0.6) is 17.2 Å². The summed E-state index contributed by atoms with van der Waals surface area (Å²) in [6.45, 7) is 5.28. The maximum absolute atomic E-state index is 12.8. The average Bonchev–Trinajstić information content (AvgIpc) is 2.83. The number of nitrogens with one attached hydrogen (secondary N) is 1. The van der Waals surface area contributed by atoms with Gasteiger partial charge in [-0.05, 0) is 57.0 Å². The first kappa shape index (κ1) is 25.4. The van der Waals surface area contributed by atoms with Crippen molar-refractivity contribution in [2.75, 3.05) is 32.6 Å². The molecule has 9 heteroatoms. The fourth-order valence-corrected chi connectivity index (χ4v) is 4.18. The fourth-order valence-electron chi connectivity index (χ4n) is 4.18. The number of rotatable bonds is 6. The highest BCUT2D eigenvalue weighted by Gasteiger charge is 2.26. The van der Waals surface area contributed by atoms with E-state index in [2.05, 4.69) is 15.3 Å². The van der Waals surface area contributed by atoms with E-state index >= 15 is 0 Å². The topological polar surface area (TPSA) is 85.8 Å². The molecular formula is C25H31ClN4O4. The van der Waals surface area contributed by atoms with Crippen LogP contribution in [0.2, 0.25) is 0 Å². The molecule has 1 aliphatic heterocycles. The van der Waals surface area contributed by atoms with Gasteiger partial charge in [0.25, 0.3) is 0 Å². The summed E-state index contributed by atoms with van der Waals surface area (Å²) >= 11 is 0. The van der Waals surface area contributed by atoms with Gasteiger partial charge >= 0.3 is 6.03 Å². The number of likely N-dealkylation sites (tertiary alicyclic amines) is 1. The van der Waals surface area contributed by atoms with Gasteiger partial charge in [0.15, 0.2) is 11.5 Å². The van der Waals surface area contributed by atoms with Crippen molar-refractivity contribution in [1.29, 1.82) is 0 Å². The Morgan fingerprint density at radius 2 is 1.68 bits per heavy atom. The summed E-state index contributed by atoms with van der Waals surface area (Å²) in [4.78, 5) is 23.6. The Kier molecular flexibility index (Phi) is 8.39. The Hall–Kier alpha value is -3.26. The molecule has 0 aliphatic carbocycles. The van der Waals surface area contributed by atoms with Crippen molar-refractivity contribution in [1.82, 2.24) is 14.9 Å². The van der Waals surface area contributed by atoms with Gasteiger partial charge in [-0.1, -0.05) is 0 Å². The number of urea groups is 1. The first-order chi connectivity index (χ1) is 16.0. The van der Waals surface area contributed by atoms with Gasteiger partial charge in [0, 0.05) is 36.1 Å². The highest BCUT2D eigenvalue weighted by molar-refractivity contribution is 5.89. The number of benzene rings is 2. The van der Waals surface area contributed by atoms with Gasteiger partial charge < -0.3 is 24.4 Å². The van der Waals surface area contributed by atoms with E-state index in [9.17, 15) is 4.79 Å². The Bertz CT molecular complexity index is 1120. The quantitative estimate of drug-likeness (QED) is 0.511. The molecule has 0 atom stereocenters. The van der Waals surface area contributed by atoms with Crippen LogP contribution in [0.25, 0.3) is 10.9 Å². The first-order valence-electron chi connectivity index (χ1n) is 11.2. The third-order valence-corrected chi connectivity index (χ3v) is 5.82. The number of aromatic nitrogens is 2. The van der Waals surface area contributed by atoms with E-state index in [1.54, 1.807) is 20.5 Å². The van der Waals surface area contributed by atoms with Gasteiger partial charge in [-0.3, -0.25) is 0 Å². The maximum Gasteiger partial charge on any atom is 0.321 e. The summed E-state index contributed by atoms with van der Waals surface area (Å²) in [6, 6.07) is 11.2. The molecule has 3 aromatic rings. The van der Waals surface area contributed by atoms with Crippen LogP contribution >= 0.6 is 12.4 Å². The molecule has 0 saturated carbocycles. The molecule has 182 valence electrons. The van der Waals surface area contributed by atoms with E-state index in [0.717, 1.165) is 40.9 Å². The molecule has 8 nitrogen and oxygen atoms in total. The number of nitrogens with zero attached hydrogens (tertiary/aromatic N) is 3. The number of carbonyl (C=O) groups is 1. The Morgan fingerprint density at radius 3 is 2.29 bits per heavy atom. The summed E-state index contributed by atoms with van der Waals surface area (Å²) in [5, 5.41) is 3.94. The zero-order valence-corrected chi connectivity index (χ0v) is 20.7.